The second-order valence-corrected chi connectivity index (χ2v) is 6.72. The van der Waals surface area contributed by atoms with Gasteiger partial charge in [0.1, 0.15) is 5.82 Å². The minimum atomic E-state index is 0.325. The van der Waals surface area contributed by atoms with Gasteiger partial charge in [-0.05, 0) is 59.7 Å². The summed E-state index contributed by atoms with van der Waals surface area (Å²) in [6.07, 6.45) is 0.974. The Bertz CT molecular complexity index is 752. The highest BCUT2D eigenvalue weighted by Gasteiger charge is 2.15. The van der Waals surface area contributed by atoms with Crippen molar-refractivity contribution in [2.24, 2.45) is 0 Å². The van der Waals surface area contributed by atoms with Crippen molar-refractivity contribution in [1.82, 2.24) is 9.55 Å². The minimum Gasteiger partial charge on any atom is -0.324 e. The first-order valence-corrected chi connectivity index (χ1v) is 8.56. The minimum absolute atomic E-state index is 0.325. The molecule has 1 aromatic heterocycles. The van der Waals surface area contributed by atoms with Crippen LogP contribution in [0.25, 0.3) is 11.0 Å². The number of hydrogen-bond acceptors (Lipinski definition) is 1. The molecule has 0 saturated carbocycles. The van der Waals surface area contributed by atoms with E-state index in [0.29, 0.717) is 11.9 Å². The SMILES string of the molecule is CC(Cc1ccccc1)n1c(CCl)nc2cc(I)ccc21. The van der Waals surface area contributed by atoms with Gasteiger partial charge in [-0.1, -0.05) is 30.3 Å². The second-order valence-electron chi connectivity index (χ2n) is 5.20. The van der Waals surface area contributed by atoms with E-state index in [1.165, 1.54) is 9.13 Å². The molecule has 3 rings (SSSR count). The molecule has 3 aromatic rings. The fourth-order valence-corrected chi connectivity index (χ4v) is 3.42. The molecule has 0 bridgehead atoms. The fraction of sp³-hybridized carbons (Fsp3) is 0.235. The summed E-state index contributed by atoms with van der Waals surface area (Å²) in [5, 5.41) is 0. The van der Waals surface area contributed by atoms with Crippen LogP contribution in [-0.2, 0) is 12.3 Å². The van der Waals surface area contributed by atoms with E-state index in [4.69, 9.17) is 11.6 Å². The summed E-state index contributed by atoms with van der Waals surface area (Å²) in [5.41, 5.74) is 3.52. The van der Waals surface area contributed by atoms with Gasteiger partial charge < -0.3 is 4.57 Å². The number of benzene rings is 2. The lowest BCUT2D eigenvalue weighted by molar-refractivity contribution is 0.543. The normalized spacial score (nSPS) is 12.7. The van der Waals surface area contributed by atoms with Crippen LogP contribution in [0.3, 0.4) is 0 Å². The number of nitrogens with zero attached hydrogens (tertiary/aromatic N) is 2. The van der Waals surface area contributed by atoms with Crippen LogP contribution in [0, 0.1) is 3.57 Å². The summed E-state index contributed by atoms with van der Waals surface area (Å²) < 4.78 is 3.47. The van der Waals surface area contributed by atoms with Crippen molar-refractivity contribution < 1.29 is 0 Å². The Kier molecular flexibility index (Phi) is 4.50. The molecule has 0 N–H and O–H groups in total. The summed E-state index contributed by atoms with van der Waals surface area (Å²) in [4.78, 5) is 4.68. The van der Waals surface area contributed by atoms with Gasteiger partial charge in [0, 0.05) is 9.61 Å². The van der Waals surface area contributed by atoms with Gasteiger partial charge in [0.2, 0.25) is 0 Å². The number of halogens is 2. The van der Waals surface area contributed by atoms with Gasteiger partial charge in [0.15, 0.2) is 0 Å². The molecule has 0 fully saturated rings. The number of rotatable bonds is 4. The smallest absolute Gasteiger partial charge is 0.125 e. The lowest BCUT2D eigenvalue weighted by Gasteiger charge is -2.17. The van der Waals surface area contributed by atoms with Crippen molar-refractivity contribution in [2.45, 2.75) is 25.3 Å². The van der Waals surface area contributed by atoms with Crippen molar-refractivity contribution in [2.75, 3.05) is 0 Å². The van der Waals surface area contributed by atoms with Crippen LogP contribution < -0.4 is 0 Å². The summed E-state index contributed by atoms with van der Waals surface area (Å²) in [7, 11) is 0. The lowest BCUT2D eigenvalue weighted by Crippen LogP contribution is -2.11. The predicted octanol–water partition coefficient (Wildman–Crippen LogP) is 5.18. The van der Waals surface area contributed by atoms with Gasteiger partial charge in [0.25, 0.3) is 0 Å². The maximum Gasteiger partial charge on any atom is 0.125 e. The molecule has 0 amide bonds. The van der Waals surface area contributed by atoms with Crippen LogP contribution in [0.4, 0.5) is 0 Å². The van der Waals surface area contributed by atoms with Crippen LogP contribution >= 0.6 is 34.2 Å². The average Bonchev–Trinajstić information content (AvgIpc) is 2.85. The molecule has 108 valence electrons. The molecule has 0 aliphatic rings. The van der Waals surface area contributed by atoms with Crippen molar-refractivity contribution in [3.63, 3.8) is 0 Å². The van der Waals surface area contributed by atoms with Gasteiger partial charge in [-0.3, -0.25) is 0 Å². The molecule has 21 heavy (non-hydrogen) atoms. The van der Waals surface area contributed by atoms with Gasteiger partial charge in [-0.15, -0.1) is 11.6 Å². The van der Waals surface area contributed by atoms with Crippen molar-refractivity contribution in [3.05, 3.63) is 63.5 Å². The van der Waals surface area contributed by atoms with Crippen molar-refractivity contribution in [1.29, 1.82) is 0 Å². The summed E-state index contributed by atoms with van der Waals surface area (Å²) in [5.74, 6) is 1.38. The average molecular weight is 411 g/mol. The Hall–Kier alpha value is -1.07. The van der Waals surface area contributed by atoms with Crippen LogP contribution in [0.1, 0.15) is 24.4 Å². The third kappa shape index (κ3) is 3.09. The zero-order valence-corrected chi connectivity index (χ0v) is 14.7. The highest BCUT2D eigenvalue weighted by molar-refractivity contribution is 14.1. The van der Waals surface area contributed by atoms with E-state index in [0.717, 1.165) is 23.3 Å². The van der Waals surface area contributed by atoms with Gasteiger partial charge in [0.05, 0.1) is 16.9 Å². The molecule has 1 heterocycles. The molecule has 2 aromatic carbocycles. The first kappa shape index (κ1) is 14.9. The Labute approximate surface area is 143 Å². The van der Waals surface area contributed by atoms with Gasteiger partial charge >= 0.3 is 0 Å². The third-order valence-electron chi connectivity index (χ3n) is 3.66. The highest BCUT2D eigenvalue weighted by Crippen LogP contribution is 2.26. The Morgan fingerprint density at radius 2 is 1.95 bits per heavy atom. The maximum absolute atomic E-state index is 6.11. The number of alkyl halides is 1. The maximum atomic E-state index is 6.11. The van der Waals surface area contributed by atoms with E-state index in [9.17, 15) is 0 Å². The molecular formula is C17H16ClIN2. The van der Waals surface area contributed by atoms with E-state index >= 15 is 0 Å². The monoisotopic (exact) mass is 410 g/mol. The Morgan fingerprint density at radius 1 is 1.19 bits per heavy atom. The van der Waals surface area contributed by atoms with Crippen LogP contribution in [0.2, 0.25) is 0 Å². The van der Waals surface area contributed by atoms with Crippen molar-refractivity contribution >= 4 is 45.2 Å². The molecule has 0 aliphatic carbocycles. The van der Waals surface area contributed by atoms with E-state index in [-0.39, 0.29) is 0 Å². The van der Waals surface area contributed by atoms with E-state index < -0.39 is 0 Å². The zero-order valence-electron chi connectivity index (χ0n) is 11.8. The molecule has 1 atom stereocenters. The molecule has 1 unspecified atom stereocenters. The largest absolute Gasteiger partial charge is 0.324 e. The van der Waals surface area contributed by atoms with Crippen LogP contribution in [0.5, 0.6) is 0 Å². The standard InChI is InChI=1S/C17H16ClIN2/c1-12(9-13-5-3-2-4-6-13)21-16-8-7-14(19)10-15(16)20-17(21)11-18/h2-8,10,12H,9,11H2,1H3. The second kappa shape index (κ2) is 6.36. The molecule has 0 saturated heterocycles. The molecule has 0 spiro atoms. The zero-order chi connectivity index (χ0) is 14.8. The summed E-state index contributed by atoms with van der Waals surface area (Å²) >= 11 is 8.42. The highest BCUT2D eigenvalue weighted by atomic mass is 127. The quantitative estimate of drug-likeness (QED) is 0.428. The number of fused-ring (bicyclic) bond motifs is 1. The Balaban J connectivity index is 2.02. The van der Waals surface area contributed by atoms with Gasteiger partial charge in [-0.2, -0.15) is 0 Å². The fourth-order valence-electron chi connectivity index (χ4n) is 2.75. The molecule has 0 aliphatic heterocycles. The van der Waals surface area contributed by atoms with Crippen LogP contribution in [0.15, 0.2) is 48.5 Å². The summed E-state index contributed by atoms with van der Waals surface area (Å²) in [6, 6.07) is 17.2. The molecule has 4 heteroatoms. The van der Waals surface area contributed by atoms with E-state index in [1.54, 1.807) is 0 Å². The lowest BCUT2D eigenvalue weighted by atomic mass is 10.1. The topological polar surface area (TPSA) is 17.8 Å². The first-order chi connectivity index (χ1) is 10.2. The predicted molar refractivity (Wildman–Crippen MR) is 96.9 cm³/mol. The number of hydrogen-bond donors (Lipinski definition) is 0. The first-order valence-electron chi connectivity index (χ1n) is 6.95. The molecular weight excluding hydrogens is 395 g/mol. The molecule has 0 radical (unpaired) electrons. The van der Waals surface area contributed by atoms with Crippen molar-refractivity contribution in [3.8, 4) is 0 Å². The third-order valence-corrected chi connectivity index (χ3v) is 4.57. The van der Waals surface area contributed by atoms with Gasteiger partial charge in [-0.25, -0.2) is 4.98 Å². The molecule has 2 nitrogen and oxygen atoms in total. The van der Waals surface area contributed by atoms with Crippen LogP contribution in [-0.4, -0.2) is 9.55 Å². The number of aromatic nitrogens is 2. The Morgan fingerprint density at radius 3 is 2.67 bits per heavy atom. The van der Waals surface area contributed by atoms with E-state index in [2.05, 4.69) is 81.5 Å². The number of imidazole rings is 1. The van der Waals surface area contributed by atoms with E-state index in [1.807, 2.05) is 6.07 Å². The summed E-state index contributed by atoms with van der Waals surface area (Å²) in [6.45, 7) is 2.22.